The van der Waals surface area contributed by atoms with E-state index in [0.717, 1.165) is 5.69 Å². The summed E-state index contributed by atoms with van der Waals surface area (Å²) in [6.45, 7) is 1.20. The molecule has 1 aromatic heterocycles. The Morgan fingerprint density at radius 3 is 2.89 bits per heavy atom. The fraction of sp³-hybridized carbons (Fsp3) is 0.200. The van der Waals surface area contributed by atoms with E-state index >= 15 is 0 Å². The number of hydrogen-bond donors (Lipinski definition) is 1. The highest BCUT2D eigenvalue weighted by molar-refractivity contribution is 7.07. The monoisotopic (exact) mass is 398 g/mol. The van der Waals surface area contributed by atoms with Gasteiger partial charge in [0.25, 0.3) is 5.91 Å². The number of hydrogen-bond acceptors (Lipinski definition) is 7. The van der Waals surface area contributed by atoms with Gasteiger partial charge in [-0.1, -0.05) is 12.1 Å². The average molecular weight is 398 g/mol. The van der Waals surface area contributed by atoms with Gasteiger partial charge in [0.05, 0.1) is 24.0 Å². The summed E-state index contributed by atoms with van der Waals surface area (Å²) in [6.07, 6.45) is 0. The Morgan fingerprint density at radius 1 is 1.21 bits per heavy atom. The summed E-state index contributed by atoms with van der Waals surface area (Å²) in [6, 6.07) is 10.5. The van der Waals surface area contributed by atoms with E-state index in [0.29, 0.717) is 54.1 Å². The summed E-state index contributed by atoms with van der Waals surface area (Å²) < 4.78 is 22.3. The van der Waals surface area contributed by atoms with E-state index < -0.39 is 0 Å². The van der Waals surface area contributed by atoms with E-state index in [9.17, 15) is 4.79 Å². The van der Waals surface area contributed by atoms with Gasteiger partial charge in [-0.05, 0) is 24.3 Å². The van der Waals surface area contributed by atoms with Crippen molar-refractivity contribution in [3.05, 3.63) is 58.5 Å². The molecule has 2 aromatic carbocycles. The predicted molar refractivity (Wildman–Crippen MR) is 105 cm³/mol. The Balaban J connectivity index is 1.54. The zero-order valence-electron chi connectivity index (χ0n) is 15.1. The third-order valence-corrected chi connectivity index (χ3v) is 4.72. The Kier molecular flexibility index (Phi) is 5.29. The molecule has 0 saturated carbocycles. The third kappa shape index (κ3) is 3.86. The van der Waals surface area contributed by atoms with E-state index in [-0.39, 0.29) is 5.91 Å². The Hall–Kier alpha value is -3.26. The molecule has 3 aromatic rings. The first-order valence-corrected chi connectivity index (χ1v) is 9.57. The molecule has 1 amide bonds. The minimum Gasteiger partial charge on any atom is -0.493 e. The molecule has 0 saturated heterocycles. The van der Waals surface area contributed by atoms with Gasteiger partial charge in [-0.2, -0.15) is 0 Å². The largest absolute Gasteiger partial charge is 0.493 e. The number of methoxy groups -OCH3 is 1. The van der Waals surface area contributed by atoms with Crippen molar-refractivity contribution in [1.29, 1.82) is 0 Å². The standard InChI is InChI=1S/C20H18N2O5S/c1-24-17-8-13(9-18-19(17)26-7-6-25-18)20(23)22-15-4-2-3-5-16(15)27-10-14-11-28-12-21-14/h2-5,8-9,11-12H,6-7,10H2,1H3,(H,22,23). The van der Waals surface area contributed by atoms with Crippen molar-refractivity contribution < 1.29 is 23.7 Å². The molecular weight excluding hydrogens is 380 g/mol. The van der Waals surface area contributed by atoms with Gasteiger partial charge in [-0.3, -0.25) is 4.79 Å². The number of nitrogens with one attached hydrogen (secondary N) is 1. The highest BCUT2D eigenvalue weighted by Crippen LogP contribution is 2.40. The number of fused-ring (bicyclic) bond motifs is 1. The molecule has 1 N–H and O–H groups in total. The highest BCUT2D eigenvalue weighted by Gasteiger charge is 2.21. The number of amides is 1. The highest BCUT2D eigenvalue weighted by atomic mass is 32.1. The molecule has 1 aliphatic heterocycles. The lowest BCUT2D eigenvalue weighted by atomic mass is 10.1. The van der Waals surface area contributed by atoms with Crippen LogP contribution in [-0.2, 0) is 6.61 Å². The lowest BCUT2D eigenvalue weighted by Gasteiger charge is -2.21. The molecule has 7 nitrogen and oxygen atoms in total. The van der Waals surface area contributed by atoms with Crippen LogP contribution in [0.3, 0.4) is 0 Å². The van der Waals surface area contributed by atoms with Crippen molar-refractivity contribution in [2.75, 3.05) is 25.6 Å². The van der Waals surface area contributed by atoms with Crippen LogP contribution >= 0.6 is 11.3 Å². The summed E-state index contributed by atoms with van der Waals surface area (Å²) in [4.78, 5) is 17.0. The van der Waals surface area contributed by atoms with Crippen LogP contribution in [0.25, 0.3) is 0 Å². The maximum absolute atomic E-state index is 12.8. The molecule has 0 spiro atoms. The van der Waals surface area contributed by atoms with Crippen molar-refractivity contribution in [2.45, 2.75) is 6.61 Å². The summed E-state index contributed by atoms with van der Waals surface area (Å²) in [5, 5.41) is 4.80. The van der Waals surface area contributed by atoms with Gasteiger partial charge in [0.2, 0.25) is 5.75 Å². The van der Waals surface area contributed by atoms with Crippen molar-refractivity contribution >= 4 is 22.9 Å². The van der Waals surface area contributed by atoms with Crippen molar-refractivity contribution in [1.82, 2.24) is 4.98 Å². The number of thiazole rings is 1. The van der Waals surface area contributed by atoms with Crippen LogP contribution in [0, 0.1) is 0 Å². The quantitative estimate of drug-likeness (QED) is 0.681. The van der Waals surface area contributed by atoms with Crippen molar-refractivity contribution in [2.24, 2.45) is 0 Å². The third-order valence-electron chi connectivity index (χ3n) is 4.08. The molecule has 0 aliphatic carbocycles. The summed E-state index contributed by atoms with van der Waals surface area (Å²) in [7, 11) is 1.52. The van der Waals surface area contributed by atoms with Crippen LogP contribution in [0.15, 0.2) is 47.3 Å². The van der Waals surface area contributed by atoms with E-state index in [1.54, 1.807) is 29.8 Å². The van der Waals surface area contributed by atoms with E-state index in [4.69, 9.17) is 18.9 Å². The maximum Gasteiger partial charge on any atom is 0.256 e. The summed E-state index contributed by atoms with van der Waals surface area (Å²) in [5.41, 5.74) is 3.55. The molecule has 0 unspecified atom stereocenters. The predicted octanol–water partition coefficient (Wildman–Crippen LogP) is 3.75. The van der Waals surface area contributed by atoms with Crippen LogP contribution in [0.4, 0.5) is 5.69 Å². The number of benzene rings is 2. The summed E-state index contributed by atoms with van der Waals surface area (Å²) in [5.74, 6) is 1.71. The molecular formula is C20H18N2O5S. The molecule has 28 heavy (non-hydrogen) atoms. The number of aromatic nitrogens is 1. The molecule has 144 valence electrons. The minimum absolute atomic E-state index is 0.306. The second-order valence-corrected chi connectivity index (χ2v) is 6.64. The smallest absolute Gasteiger partial charge is 0.256 e. The molecule has 8 heteroatoms. The molecule has 0 radical (unpaired) electrons. The van der Waals surface area contributed by atoms with Crippen LogP contribution in [0.1, 0.15) is 16.1 Å². The number of anilines is 1. The number of nitrogens with zero attached hydrogens (tertiary/aromatic N) is 1. The first-order chi connectivity index (χ1) is 13.7. The van der Waals surface area contributed by atoms with E-state index in [1.807, 2.05) is 17.5 Å². The number of carbonyl (C=O) groups excluding carboxylic acids is 1. The van der Waals surface area contributed by atoms with Gasteiger partial charge in [-0.15, -0.1) is 11.3 Å². The SMILES string of the molecule is COc1cc(C(=O)Nc2ccccc2OCc2cscn2)cc2c1OCCO2. The minimum atomic E-state index is -0.306. The van der Waals surface area contributed by atoms with Crippen LogP contribution in [-0.4, -0.2) is 31.2 Å². The zero-order chi connectivity index (χ0) is 19.3. The van der Waals surface area contributed by atoms with Gasteiger partial charge in [0, 0.05) is 10.9 Å². The zero-order valence-corrected chi connectivity index (χ0v) is 16.0. The molecule has 1 aliphatic rings. The van der Waals surface area contributed by atoms with Crippen LogP contribution < -0.4 is 24.3 Å². The van der Waals surface area contributed by atoms with Crippen LogP contribution in [0.2, 0.25) is 0 Å². The van der Waals surface area contributed by atoms with Gasteiger partial charge >= 0.3 is 0 Å². The number of para-hydroxylation sites is 2. The second kappa shape index (κ2) is 8.18. The fourth-order valence-electron chi connectivity index (χ4n) is 2.75. The fourth-order valence-corrected chi connectivity index (χ4v) is 3.30. The molecule has 0 bridgehead atoms. The Morgan fingerprint density at radius 2 is 2.07 bits per heavy atom. The number of ether oxygens (including phenoxy) is 4. The summed E-state index contributed by atoms with van der Waals surface area (Å²) >= 11 is 1.51. The molecule has 4 rings (SSSR count). The normalized spacial score (nSPS) is 12.3. The van der Waals surface area contributed by atoms with Crippen molar-refractivity contribution in [3.8, 4) is 23.0 Å². The van der Waals surface area contributed by atoms with E-state index in [2.05, 4.69) is 10.3 Å². The average Bonchev–Trinajstić information content (AvgIpc) is 3.26. The van der Waals surface area contributed by atoms with Crippen molar-refractivity contribution in [3.63, 3.8) is 0 Å². The Labute approximate surface area is 165 Å². The van der Waals surface area contributed by atoms with Gasteiger partial charge in [0.15, 0.2) is 11.5 Å². The van der Waals surface area contributed by atoms with Crippen LogP contribution in [0.5, 0.6) is 23.0 Å². The topological polar surface area (TPSA) is 78.9 Å². The molecule has 0 fully saturated rings. The maximum atomic E-state index is 12.8. The number of carbonyl (C=O) groups is 1. The molecule has 2 heterocycles. The van der Waals surface area contributed by atoms with E-state index in [1.165, 1.54) is 18.4 Å². The van der Waals surface area contributed by atoms with Gasteiger partial charge in [-0.25, -0.2) is 4.98 Å². The Bertz CT molecular complexity index is 957. The first-order valence-electron chi connectivity index (χ1n) is 8.62. The number of rotatable bonds is 6. The van der Waals surface area contributed by atoms with Gasteiger partial charge < -0.3 is 24.3 Å². The first kappa shape index (κ1) is 18.1. The molecule has 0 atom stereocenters. The lowest BCUT2D eigenvalue weighted by Crippen LogP contribution is -2.18. The lowest BCUT2D eigenvalue weighted by molar-refractivity contribution is 0.102. The second-order valence-electron chi connectivity index (χ2n) is 5.92. The van der Waals surface area contributed by atoms with Gasteiger partial charge in [0.1, 0.15) is 25.6 Å².